The molecule has 5 heteroatoms. The number of rotatable bonds is 2. The van der Waals surface area contributed by atoms with Crippen LogP contribution in [0, 0.1) is 11.3 Å². The van der Waals surface area contributed by atoms with Crippen LogP contribution < -0.4 is 14.4 Å². The van der Waals surface area contributed by atoms with Crippen molar-refractivity contribution in [2.75, 3.05) is 18.2 Å². The second kappa shape index (κ2) is 5.61. The number of anilines is 1. The highest BCUT2D eigenvalue weighted by atomic mass is 35.5. The Morgan fingerprint density at radius 3 is 2.79 bits per heavy atom. The van der Waals surface area contributed by atoms with Crippen molar-refractivity contribution in [1.82, 2.24) is 0 Å². The van der Waals surface area contributed by atoms with Crippen molar-refractivity contribution < 1.29 is 9.47 Å². The number of nitrogens with zero attached hydrogens (tertiary/aromatic N) is 2. The molecule has 122 valence electrons. The lowest BCUT2D eigenvalue weighted by molar-refractivity contribution is 0.174. The number of fused-ring (bicyclic) bond motifs is 1. The van der Waals surface area contributed by atoms with Gasteiger partial charge in [0.2, 0.25) is 6.79 Å². The molecule has 1 unspecified atom stereocenters. The first-order valence-corrected chi connectivity index (χ1v) is 8.37. The summed E-state index contributed by atoms with van der Waals surface area (Å²) in [6.45, 7) is 3.47. The zero-order chi connectivity index (χ0) is 16.7. The Bertz CT molecular complexity index is 846. The zero-order valence-corrected chi connectivity index (χ0v) is 14.1. The summed E-state index contributed by atoms with van der Waals surface area (Å²) in [6.07, 6.45) is 2.15. The van der Waals surface area contributed by atoms with Crippen LogP contribution in [0.1, 0.15) is 30.9 Å². The fraction of sp³-hybridized carbons (Fsp3) is 0.316. The predicted octanol–water partition coefficient (Wildman–Crippen LogP) is 4.46. The molecule has 0 aliphatic carbocycles. The average Bonchev–Trinajstić information content (AvgIpc) is 3.21. The van der Waals surface area contributed by atoms with Crippen molar-refractivity contribution >= 4 is 17.3 Å². The van der Waals surface area contributed by atoms with Crippen molar-refractivity contribution in [3.63, 3.8) is 0 Å². The van der Waals surface area contributed by atoms with E-state index in [1.807, 2.05) is 18.2 Å². The van der Waals surface area contributed by atoms with E-state index in [4.69, 9.17) is 26.3 Å². The largest absolute Gasteiger partial charge is 0.454 e. The molecule has 0 saturated carbocycles. The van der Waals surface area contributed by atoms with E-state index in [1.165, 1.54) is 5.56 Å². The zero-order valence-electron chi connectivity index (χ0n) is 13.4. The molecule has 0 bridgehead atoms. The molecule has 0 spiro atoms. The molecule has 1 saturated heterocycles. The van der Waals surface area contributed by atoms with Crippen molar-refractivity contribution in [2.45, 2.75) is 25.3 Å². The smallest absolute Gasteiger partial charge is 0.231 e. The monoisotopic (exact) mass is 340 g/mol. The molecule has 1 fully saturated rings. The normalized spacial score (nSPS) is 21.8. The average molecular weight is 341 g/mol. The summed E-state index contributed by atoms with van der Waals surface area (Å²) in [7, 11) is 0. The highest BCUT2D eigenvalue weighted by Crippen LogP contribution is 2.45. The van der Waals surface area contributed by atoms with Gasteiger partial charge in [-0.15, -0.1) is 0 Å². The summed E-state index contributed by atoms with van der Waals surface area (Å²) in [4.78, 5) is 2.36. The minimum Gasteiger partial charge on any atom is -0.454 e. The van der Waals surface area contributed by atoms with Crippen LogP contribution in [0.25, 0.3) is 0 Å². The minimum atomic E-state index is -0.140. The van der Waals surface area contributed by atoms with Gasteiger partial charge in [-0.05, 0) is 55.7 Å². The molecule has 4 nitrogen and oxygen atoms in total. The molecule has 4 rings (SSSR count). The van der Waals surface area contributed by atoms with E-state index in [9.17, 15) is 0 Å². The molecule has 0 amide bonds. The van der Waals surface area contributed by atoms with E-state index in [-0.39, 0.29) is 12.3 Å². The van der Waals surface area contributed by atoms with Gasteiger partial charge in [-0.2, -0.15) is 5.26 Å². The summed E-state index contributed by atoms with van der Waals surface area (Å²) in [5.74, 6) is 1.60. The van der Waals surface area contributed by atoms with E-state index in [1.54, 1.807) is 6.07 Å². The van der Waals surface area contributed by atoms with Crippen molar-refractivity contribution in [3.05, 3.63) is 52.5 Å². The molecular formula is C19H17ClN2O2. The fourth-order valence-electron chi connectivity index (χ4n) is 3.67. The second-order valence-electron chi connectivity index (χ2n) is 6.37. The van der Waals surface area contributed by atoms with Crippen LogP contribution in [0.15, 0.2) is 36.4 Å². The van der Waals surface area contributed by atoms with Crippen molar-refractivity contribution in [1.29, 1.82) is 5.26 Å². The maximum Gasteiger partial charge on any atom is 0.231 e. The third kappa shape index (κ3) is 2.28. The van der Waals surface area contributed by atoms with Crippen molar-refractivity contribution in [3.8, 4) is 17.6 Å². The van der Waals surface area contributed by atoms with E-state index in [0.29, 0.717) is 10.6 Å². The molecule has 2 aromatic carbocycles. The minimum absolute atomic E-state index is 0.140. The fourth-order valence-corrected chi connectivity index (χ4v) is 3.89. The van der Waals surface area contributed by atoms with Gasteiger partial charge in [0.1, 0.15) is 6.07 Å². The maximum atomic E-state index is 9.07. The van der Waals surface area contributed by atoms with Gasteiger partial charge >= 0.3 is 0 Å². The molecular weight excluding hydrogens is 324 g/mol. The molecule has 1 atom stereocenters. The third-order valence-electron chi connectivity index (χ3n) is 5.02. The Hall–Kier alpha value is -2.38. The lowest BCUT2D eigenvalue weighted by Gasteiger charge is -2.38. The van der Waals surface area contributed by atoms with Crippen LogP contribution in [0.2, 0.25) is 5.02 Å². The molecule has 2 heterocycles. The first-order valence-electron chi connectivity index (χ1n) is 7.99. The Labute approximate surface area is 146 Å². The highest BCUT2D eigenvalue weighted by molar-refractivity contribution is 6.32. The number of hydrogen-bond donors (Lipinski definition) is 0. The van der Waals surface area contributed by atoms with Crippen LogP contribution in [-0.4, -0.2) is 13.3 Å². The first kappa shape index (κ1) is 15.2. The molecule has 24 heavy (non-hydrogen) atoms. The summed E-state index contributed by atoms with van der Waals surface area (Å²) in [5.41, 5.74) is 2.60. The van der Waals surface area contributed by atoms with Gasteiger partial charge in [0.15, 0.2) is 11.5 Å². The molecule has 2 aliphatic rings. The molecule has 0 N–H and O–H groups in total. The summed E-state index contributed by atoms with van der Waals surface area (Å²) < 4.78 is 11.0. The Morgan fingerprint density at radius 1 is 1.17 bits per heavy atom. The SMILES string of the molecule is CC1(c2ccc3c(c2)OCO3)CCCN1c1ccc(C#N)c(Cl)c1. The van der Waals surface area contributed by atoms with Gasteiger partial charge in [-0.25, -0.2) is 0 Å². The lowest BCUT2D eigenvalue weighted by Crippen LogP contribution is -2.38. The number of ether oxygens (including phenoxy) is 2. The summed E-state index contributed by atoms with van der Waals surface area (Å²) >= 11 is 6.24. The highest BCUT2D eigenvalue weighted by Gasteiger charge is 2.39. The predicted molar refractivity (Wildman–Crippen MR) is 92.7 cm³/mol. The van der Waals surface area contributed by atoms with Crippen LogP contribution in [0.3, 0.4) is 0 Å². The first-order chi connectivity index (χ1) is 11.6. The Balaban J connectivity index is 1.74. The molecule has 0 aromatic heterocycles. The Kier molecular flexibility index (Phi) is 3.54. The quantitative estimate of drug-likeness (QED) is 0.810. The Morgan fingerprint density at radius 2 is 2.00 bits per heavy atom. The van der Waals surface area contributed by atoms with E-state index in [0.717, 1.165) is 36.6 Å². The van der Waals surface area contributed by atoms with Crippen LogP contribution in [-0.2, 0) is 5.54 Å². The number of hydrogen-bond acceptors (Lipinski definition) is 4. The number of nitriles is 1. The van der Waals surface area contributed by atoms with Crippen molar-refractivity contribution in [2.24, 2.45) is 0 Å². The molecule has 2 aliphatic heterocycles. The van der Waals surface area contributed by atoms with Gasteiger partial charge < -0.3 is 14.4 Å². The van der Waals surface area contributed by atoms with E-state index < -0.39 is 0 Å². The van der Waals surface area contributed by atoms with Gasteiger partial charge in [0.25, 0.3) is 0 Å². The number of halogens is 1. The van der Waals surface area contributed by atoms with Gasteiger partial charge in [0.05, 0.1) is 16.1 Å². The molecule has 0 radical (unpaired) electrons. The maximum absolute atomic E-state index is 9.07. The topological polar surface area (TPSA) is 45.5 Å². The van der Waals surface area contributed by atoms with Crippen LogP contribution in [0.5, 0.6) is 11.5 Å². The summed E-state index contributed by atoms with van der Waals surface area (Å²) in [5, 5.41) is 9.57. The van der Waals surface area contributed by atoms with E-state index in [2.05, 4.69) is 30.0 Å². The van der Waals surface area contributed by atoms with Crippen LogP contribution >= 0.6 is 11.6 Å². The second-order valence-corrected chi connectivity index (χ2v) is 6.78. The van der Waals surface area contributed by atoms with Gasteiger partial charge in [0, 0.05) is 12.2 Å². The summed E-state index contributed by atoms with van der Waals surface area (Å²) in [6, 6.07) is 13.9. The standard InChI is InChI=1S/C19H17ClN2O2/c1-19(14-4-6-17-18(9-14)24-12-23-17)7-2-8-22(19)15-5-3-13(11-21)16(20)10-15/h3-6,9-10H,2,7-8,12H2,1H3. The van der Waals surface area contributed by atoms with E-state index >= 15 is 0 Å². The van der Waals surface area contributed by atoms with Crippen LogP contribution in [0.4, 0.5) is 5.69 Å². The lowest BCUT2D eigenvalue weighted by atomic mass is 9.88. The van der Waals surface area contributed by atoms with Gasteiger partial charge in [-0.1, -0.05) is 17.7 Å². The van der Waals surface area contributed by atoms with Gasteiger partial charge in [-0.3, -0.25) is 0 Å². The number of benzene rings is 2. The third-order valence-corrected chi connectivity index (χ3v) is 5.33. The molecule has 2 aromatic rings.